The number of carbonyl (C=O) groups is 1. The van der Waals surface area contributed by atoms with Crippen LogP contribution in [0.4, 0.5) is 0 Å². The standard InChI is InChI=1S/C10H20INO/c1-4-7-12-9(13)5-6-10(2,3)8-11/h4-8H2,1-3H3,(H,12,13). The van der Waals surface area contributed by atoms with Crippen molar-refractivity contribution in [1.82, 2.24) is 5.32 Å². The zero-order valence-electron chi connectivity index (χ0n) is 8.82. The monoisotopic (exact) mass is 297 g/mol. The van der Waals surface area contributed by atoms with Crippen molar-refractivity contribution in [2.24, 2.45) is 5.41 Å². The molecule has 0 aromatic carbocycles. The molecule has 0 aliphatic heterocycles. The summed E-state index contributed by atoms with van der Waals surface area (Å²) >= 11 is 2.37. The van der Waals surface area contributed by atoms with E-state index in [4.69, 9.17) is 0 Å². The Hall–Kier alpha value is 0.200. The van der Waals surface area contributed by atoms with Crippen LogP contribution in [0.25, 0.3) is 0 Å². The first kappa shape index (κ1) is 13.2. The number of alkyl halides is 1. The molecule has 0 spiro atoms. The van der Waals surface area contributed by atoms with Gasteiger partial charge in [-0.1, -0.05) is 43.4 Å². The van der Waals surface area contributed by atoms with Crippen molar-refractivity contribution in [3.8, 4) is 0 Å². The quantitative estimate of drug-likeness (QED) is 0.593. The van der Waals surface area contributed by atoms with Gasteiger partial charge in [-0.05, 0) is 18.3 Å². The number of hydrogen-bond donors (Lipinski definition) is 1. The Labute approximate surface area is 95.0 Å². The molecule has 0 rings (SSSR count). The number of amides is 1. The molecule has 0 aliphatic carbocycles. The van der Waals surface area contributed by atoms with Gasteiger partial charge in [0.2, 0.25) is 5.91 Å². The topological polar surface area (TPSA) is 29.1 Å². The summed E-state index contributed by atoms with van der Waals surface area (Å²) in [7, 11) is 0. The Kier molecular flexibility index (Phi) is 6.73. The molecule has 0 aromatic rings. The fourth-order valence-electron chi connectivity index (χ4n) is 0.872. The van der Waals surface area contributed by atoms with E-state index < -0.39 is 0 Å². The van der Waals surface area contributed by atoms with Crippen molar-refractivity contribution in [3.05, 3.63) is 0 Å². The second-order valence-electron chi connectivity index (χ2n) is 4.15. The van der Waals surface area contributed by atoms with Crippen LogP contribution in [0, 0.1) is 5.41 Å². The predicted octanol–water partition coefficient (Wildman–Crippen LogP) is 2.75. The third-order valence-corrected chi connectivity index (χ3v) is 4.03. The lowest BCUT2D eigenvalue weighted by Gasteiger charge is -2.20. The van der Waals surface area contributed by atoms with E-state index in [2.05, 4.69) is 48.7 Å². The van der Waals surface area contributed by atoms with Crippen molar-refractivity contribution < 1.29 is 4.79 Å². The fourth-order valence-corrected chi connectivity index (χ4v) is 1.25. The molecule has 1 amide bonds. The van der Waals surface area contributed by atoms with Crippen molar-refractivity contribution in [2.45, 2.75) is 40.0 Å². The zero-order valence-corrected chi connectivity index (χ0v) is 11.0. The second-order valence-corrected chi connectivity index (χ2v) is 4.91. The number of hydrogen-bond acceptors (Lipinski definition) is 1. The summed E-state index contributed by atoms with van der Waals surface area (Å²) in [5.41, 5.74) is 0.296. The van der Waals surface area contributed by atoms with Gasteiger partial charge in [0.15, 0.2) is 0 Å². The Bertz CT molecular complexity index is 157. The van der Waals surface area contributed by atoms with Gasteiger partial charge in [0.05, 0.1) is 0 Å². The SMILES string of the molecule is CCCNC(=O)CCC(C)(C)CI. The minimum absolute atomic E-state index is 0.194. The molecule has 3 heteroatoms. The van der Waals surface area contributed by atoms with E-state index in [0.717, 1.165) is 23.8 Å². The molecule has 0 saturated carbocycles. The molecular formula is C10H20INO. The first-order valence-electron chi connectivity index (χ1n) is 4.84. The smallest absolute Gasteiger partial charge is 0.220 e. The van der Waals surface area contributed by atoms with Gasteiger partial charge < -0.3 is 5.32 Å². The van der Waals surface area contributed by atoms with Crippen LogP contribution in [-0.2, 0) is 4.79 Å². The normalized spacial score (nSPS) is 11.4. The van der Waals surface area contributed by atoms with E-state index in [9.17, 15) is 4.79 Å². The molecular weight excluding hydrogens is 277 g/mol. The van der Waals surface area contributed by atoms with Gasteiger partial charge in [-0.15, -0.1) is 0 Å². The van der Waals surface area contributed by atoms with Crippen LogP contribution < -0.4 is 5.32 Å². The highest BCUT2D eigenvalue weighted by atomic mass is 127. The molecule has 0 saturated heterocycles. The van der Waals surface area contributed by atoms with Gasteiger partial charge in [-0.25, -0.2) is 0 Å². The lowest BCUT2D eigenvalue weighted by atomic mass is 9.90. The van der Waals surface area contributed by atoms with E-state index in [-0.39, 0.29) is 5.91 Å². The van der Waals surface area contributed by atoms with Crippen LogP contribution in [0.1, 0.15) is 40.0 Å². The zero-order chi connectivity index (χ0) is 10.3. The molecule has 0 fully saturated rings. The minimum Gasteiger partial charge on any atom is -0.356 e. The molecule has 13 heavy (non-hydrogen) atoms. The maximum absolute atomic E-state index is 11.3. The molecule has 0 aliphatic rings. The fraction of sp³-hybridized carbons (Fsp3) is 0.900. The maximum Gasteiger partial charge on any atom is 0.220 e. The molecule has 0 bridgehead atoms. The predicted molar refractivity (Wildman–Crippen MR) is 65.2 cm³/mol. The summed E-state index contributed by atoms with van der Waals surface area (Å²) < 4.78 is 1.10. The van der Waals surface area contributed by atoms with Gasteiger partial charge in [-0.3, -0.25) is 4.79 Å². The van der Waals surface area contributed by atoms with Crippen molar-refractivity contribution >= 4 is 28.5 Å². The van der Waals surface area contributed by atoms with Crippen LogP contribution in [-0.4, -0.2) is 16.9 Å². The van der Waals surface area contributed by atoms with E-state index >= 15 is 0 Å². The molecule has 0 heterocycles. The summed E-state index contributed by atoms with van der Waals surface area (Å²) in [5, 5.41) is 2.89. The lowest BCUT2D eigenvalue weighted by molar-refractivity contribution is -0.121. The first-order chi connectivity index (χ1) is 6.02. The van der Waals surface area contributed by atoms with Gasteiger partial charge in [0, 0.05) is 17.4 Å². The van der Waals surface area contributed by atoms with Crippen LogP contribution in [0.3, 0.4) is 0 Å². The number of rotatable bonds is 6. The summed E-state index contributed by atoms with van der Waals surface area (Å²) in [5.74, 6) is 0.194. The Morgan fingerprint density at radius 2 is 2.08 bits per heavy atom. The van der Waals surface area contributed by atoms with Crippen LogP contribution in [0.15, 0.2) is 0 Å². The van der Waals surface area contributed by atoms with Crippen molar-refractivity contribution in [1.29, 1.82) is 0 Å². The number of halogens is 1. The van der Waals surface area contributed by atoms with E-state index in [1.807, 2.05) is 0 Å². The number of carbonyl (C=O) groups excluding carboxylic acids is 1. The van der Waals surface area contributed by atoms with E-state index in [1.54, 1.807) is 0 Å². The van der Waals surface area contributed by atoms with Crippen LogP contribution in [0.5, 0.6) is 0 Å². The molecule has 1 N–H and O–H groups in total. The highest BCUT2D eigenvalue weighted by molar-refractivity contribution is 14.1. The molecule has 0 atom stereocenters. The minimum atomic E-state index is 0.194. The molecule has 2 nitrogen and oxygen atoms in total. The summed E-state index contributed by atoms with van der Waals surface area (Å²) in [6, 6.07) is 0. The van der Waals surface area contributed by atoms with Crippen LogP contribution in [0.2, 0.25) is 0 Å². The van der Waals surface area contributed by atoms with Crippen LogP contribution >= 0.6 is 22.6 Å². The van der Waals surface area contributed by atoms with Gasteiger partial charge in [0.25, 0.3) is 0 Å². The molecule has 78 valence electrons. The largest absolute Gasteiger partial charge is 0.356 e. The first-order valence-corrected chi connectivity index (χ1v) is 6.37. The van der Waals surface area contributed by atoms with Gasteiger partial charge in [0.1, 0.15) is 0 Å². The average molecular weight is 297 g/mol. The van der Waals surface area contributed by atoms with Gasteiger partial charge in [-0.2, -0.15) is 0 Å². The van der Waals surface area contributed by atoms with Gasteiger partial charge >= 0.3 is 0 Å². The van der Waals surface area contributed by atoms with E-state index in [1.165, 1.54) is 0 Å². The Morgan fingerprint density at radius 1 is 1.46 bits per heavy atom. The Morgan fingerprint density at radius 3 is 2.54 bits per heavy atom. The third kappa shape index (κ3) is 7.28. The summed E-state index contributed by atoms with van der Waals surface area (Å²) in [6.07, 6.45) is 2.66. The van der Waals surface area contributed by atoms with E-state index in [0.29, 0.717) is 11.8 Å². The molecule has 0 unspecified atom stereocenters. The average Bonchev–Trinajstić information content (AvgIpc) is 2.11. The van der Waals surface area contributed by atoms with Crippen molar-refractivity contribution in [2.75, 3.05) is 11.0 Å². The lowest BCUT2D eigenvalue weighted by Crippen LogP contribution is -2.26. The van der Waals surface area contributed by atoms with Crippen molar-refractivity contribution in [3.63, 3.8) is 0 Å². The third-order valence-electron chi connectivity index (χ3n) is 1.96. The highest BCUT2D eigenvalue weighted by Gasteiger charge is 2.17. The Balaban J connectivity index is 3.57. The summed E-state index contributed by atoms with van der Waals surface area (Å²) in [6.45, 7) is 7.28. The summed E-state index contributed by atoms with van der Waals surface area (Å²) in [4.78, 5) is 11.3. The second kappa shape index (κ2) is 6.62. The maximum atomic E-state index is 11.3. The molecule has 0 radical (unpaired) electrons. The molecule has 0 aromatic heterocycles. The highest BCUT2D eigenvalue weighted by Crippen LogP contribution is 2.24. The number of nitrogens with one attached hydrogen (secondary N) is 1.